The van der Waals surface area contributed by atoms with Crippen LogP contribution in [0.15, 0.2) is 24.3 Å². The van der Waals surface area contributed by atoms with E-state index < -0.39 is 0 Å². The number of Topliss-reactive ketones (excluding diaryl/α,β-unsaturated/α-hetero) is 1. The van der Waals surface area contributed by atoms with E-state index in [0.717, 1.165) is 12.0 Å². The Hall–Kier alpha value is -1.11. The summed E-state index contributed by atoms with van der Waals surface area (Å²) in [7, 11) is 0. The van der Waals surface area contributed by atoms with Gasteiger partial charge in [-0.05, 0) is 24.8 Å². The quantitative estimate of drug-likeness (QED) is 0.680. The maximum absolute atomic E-state index is 11.0. The zero-order valence-corrected chi connectivity index (χ0v) is 10.5. The van der Waals surface area contributed by atoms with Crippen molar-refractivity contribution in [3.05, 3.63) is 35.4 Å². The summed E-state index contributed by atoms with van der Waals surface area (Å²) in [6.45, 7) is 9.98. The van der Waals surface area contributed by atoms with Gasteiger partial charge < -0.3 is 0 Å². The summed E-state index contributed by atoms with van der Waals surface area (Å²) in [5.74, 6) is 0.805. The average molecular weight is 206 g/mol. The van der Waals surface area contributed by atoms with E-state index >= 15 is 0 Å². The summed E-state index contributed by atoms with van der Waals surface area (Å²) in [6, 6.07) is 7.88. The Balaban J connectivity index is 0.000000921. The highest BCUT2D eigenvalue weighted by atomic mass is 16.1. The van der Waals surface area contributed by atoms with Gasteiger partial charge in [0.25, 0.3) is 0 Å². The van der Waals surface area contributed by atoms with Crippen LogP contribution in [0.25, 0.3) is 0 Å². The predicted molar refractivity (Wildman–Crippen MR) is 66.3 cm³/mol. The smallest absolute Gasteiger partial charge is 0.159 e. The van der Waals surface area contributed by atoms with Crippen molar-refractivity contribution in [3.8, 4) is 0 Å². The van der Waals surface area contributed by atoms with Crippen molar-refractivity contribution in [2.45, 2.75) is 41.0 Å². The fraction of sp³-hybridized carbons (Fsp3) is 0.500. The molecule has 84 valence electrons. The molecule has 0 saturated heterocycles. The lowest BCUT2D eigenvalue weighted by Crippen LogP contribution is -1.96. The van der Waals surface area contributed by atoms with E-state index in [4.69, 9.17) is 0 Å². The van der Waals surface area contributed by atoms with E-state index in [-0.39, 0.29) is 5.78 Å². The van der Waals surface area contributed by atoms with Crippen molar-refractivity contribution in [2.24, 2.45) is 5.92 Å². The highest BCUT2D eigenvalue weighted by Gasteiger charge is 2.00. The number of carbonyl (C=O) groups is 1. The lowest BCUT2D eigenvalue weighted by Gasteiger charge is -2.04. The molecule has 15 heavy (non-hydrogen) atoms. The molecule has 0 saturated carbocycles. The normalized spacial score (nSPS) is 9.47. The van der Waals surface area contributed by atoms with Crippen LogP contribution in [0.5, 0.6) is 0 Å². The van der Waals surface area contributed by atoms with Gasteiger partial charge in [-0.2, -0.15) is 0 Å². The minimum absolute atomic E-state index is 0.135. The number of ketones is 1. The van der Waals surface area contributed by atoms with Crippen molar-refractivity contribution >= 4 is 5.78 Å². The second-order valence-corrected chi connectivity index (χ2v) is 3.85. The minimum atomic E-state index is 0.135. The Morgan fingerprint density at radius 2 is 1.60 bits per heavy atom. The molecular formula is C14H22O. The summed E-state index contributed by atoms with van der Waals surface area (Å²) in [6.07, 6.45) is 1.08. The maximum atomic E-state index is 11.0. The maximum Gasteiger partial charge on any atom is 0.159 e. The molecule has 0 aliphatic heterocycles. The fourth-order valence-corrected chi connectivity index (χ4v) is 1.35. The molecule has 1 rings (SSSR count). The van der Waals surface area contributed by atoms with Gasteiger partial charge in [0, 0.05) is 5.56 Å². The fourth-order valence-electron chi connectivity index (χ4n) is 1.35. The molecule has 0 fully saturated rings. The van der Waals surface area contributed by atoms with Crippen LogP contribution in [-0.4, -0.2) is 5.78 Å². The Kier molecular flexibility index (Phi) is 6.68. The first kappa shape index (κ1) is 13.9. The third kappa shape index (κ3) is 5.36. The summed E-state index contributed by atoms with van der Waals surface area (Å²) < 4.78 is 0. The van der Waals surface area contributed by atoms with E-state index in [2.05, 4.69) is 13.8 Å². The standard InChI is InChI=1S/C12H16O.C2H6/c1-9(2)8-11-4-6-12(7-5-11)10(3)13;1-2/h4-7,9H,8H2,1-3H3;1-2H3. The van der Waals surface area contributed by atoms with Gasteiger partial charge in [-0.25, -0.2) is 0 Å². The van der Waals surface area contributed by atoms with Gasteiger partial charge in [0.15, 0.2) is 5.78 Å². The zero-order valence-electron chi connectivity index (χ0n) is 10.5. The summed E-state index contributed by atoms with van der Waals surface area (Å²) >= 11 is 0. The van der Waals surface area contributed by atoms with Gasteiger partial charge in [-0.3, -0.25) is 4.79 Å². The average Bonchev–Trinajstić information content (AvgIpc) is 2.20. The van der Waals surface area contributed by atoms with Crippen LogP contribution in [0.1, 0.15) is 50.5 Å². The molecule has 1 aromatic rings. The summed E-state index contributed by atoms with van der Waals surface area (Å²) in [4.78, 5) is 11.0. The van der Waals surface area contributed by atoms with Crippen molar-refractivity contribution in [2.75, 3.05) is 0 Å². The predicted octanol–water partition coefficient (Wildman–Crippen LogP) is 4.11. The van der Waals surface area contributed by atoms with E-state index in [9.17, 15) is 4.79 Å². The van der Waals surface area contributed by atoms with Crippen LogP contribution in [0.3, 0.4) is 0 Å². The summed E-state index contributed by atoms with van der Waals surface area (Å²) in [5, 5.41) is 0. The molecule has 0 aromatic heterocycles. The van der Waals surface area contributed by atoms with Crippen LogP contribution < -0.4 is 0 Å². The van der Waals surface area contributed by atoms with Gasteiger partial charge in [-0.15, -0.1) is 0 Å². The SMILES string of the molecule is CC.CC(=O)c1ccc(CC(C)C)cc1. The molecule has 0 heterocycles. The van der Waals surface area contributed by atoms with E-state index in [0.29, 0.717) is 5.92 Å². The number of carbonyl (C=O) groups excluding carboxylic acids is 1. The van der Waals surface area contributed by atoms with E-state index in [1.807, 2.05) is 38.1 Å². The monoisotopic (exact) mass is 206 g/mol. The van der Waals surface area contributed by atoms with Gasteiger partial charge in [0.2, 0.25) is 0 Å². The molecule has 0 unspecified atom stereocenters. The zero-order chi connectivity index (χ0) is 11.8. The molecule has 0 bridgehead atoms. The van der Waals surface area contributed by atoms with Crippen molar-refractivity contribution in [3.63, 3.8) is 0 Å². The molecule has 1 heteroatoms. The molecule has 1 nitrogen and oxygen atoms in total. The van der Waals surface area contributed by atoms with Crippen LogP contribution in [-0.2, 0) is 6.42 Å². The molecule has 0 aliphatic rings. The molecule has 0 radical (unpaired) electrons. The highest BCUT2D eigenvalue weighted by molar-refractivity contribution is 5.93. The van der Waals surface area contributed by atoms with Crippen LogP contribution >= 0.6 is 0 Å². The first-order chi connectivity index (χ1) is 7.09. The highest BCUT2D eigenvalue weighted by Crippen LogP contribution is 2.09. The first-order valence-electron chi connectivity index (χ1n) is 5.69. The van der Waals surface area contributed by atoms with E-state index in [1.165, 1.54) is 5.56 Å². The lowest BCUT2D eigenvalue weighted by atomic mass is 10.0. The molecule has 0 amide bonds. The Morgan fingerprint density at radius 3 is 1.93 bits per heavy atom. The Bertz CT molecular complexity index is 283. The third-order valence-electron chi connectivity index (χ3n) is 2.00. The second kappa shape index (κ2) is 7.22. The molecule has 1 aromatic carbocycles. The van der Waals surface area contributed by atoms with Crippen molar-refractivity contribution < 1.29 is 4.79 Å². The van der Waals surface area contributed by atoms with Crippen molar-refractivity contribution in [1.29, 1.82) is 0 Å². The van der Waals surface area contributed by atoms with Gasteiger partial charge in [0.1, 0.15) is 0 Å². The molecule has 0 atom stereocenters. The number of rotatable bonds is 3. The Morgan fingerprint density at radius 1 is 1.13 bits per heavy atom. The molecular weight excluding hydrogens is 184 g/mol. The minimum Gasteiger partial charge on any atom is -0.295 e. The van der Waals surface area contributed by atoms with Crippen molar-refractivity contribution in [1.82, 2.24) is 0 Å². The van der Waals surface area contributed by atoms with Crippen LogP contribution in [0, 0.1) is 5.92 Å². The molecule has 0 spiro atoms. The van der Waals surface area contributed by atoms with Gasteiger partial charge >= 0.3 is 0 Å². The van der Waals surface area contributed by atoms with Gasteiger partial charge in [0.05, 0.1) is 0 Å². The lowest BCUT2D eigenvalue weighted by molar-refractivity contribution is 0.101. The number of benzene rings is 1. The van der Waals surface area contributed by atoms with Crippen LogP contribution in [0.2, 0.25) is 0 Å². The first-order valence-corrected chi connectivity index (χ1v) is 5.69. The van der Waals surface area contributed by atoms with Crippen LogP contribution in [0.4, 0.5) is 0 Å². The number of hydrogen-bond acceptors (Lipinski definition) is 1. The number of hydrogen-bond donors (Lipinski definition) is 0. The molecule has 0 N–H and O–H groups in total. The Labute approximate surface area is 93.5 Å². The third-order valence-corrected chi connectivity index (χ3v) is 2.00. The largest absolute Gasteiger partial charge is 0.295 e. The topological polar surface area (TPSA) is 17.1 Å². The van der Waals surface area contributed by atoms with Gasteiger partial charge in [-0.1, -0.05) is 52.0 Å². The molecule has 0 aliphatic carbocycles. The summed E-state index contributed by atoms with van der Waals surface area (Å²) in [5.41, 5.74) is 2.10. The second-order valence-electron chi connectivity index (χ2n) is 3.85. The van der Waals surface area contributed by atoms with E-state index in [1.54, 1.807) is 6.92 Å².